The summed E-state index contributed by atoms with van der Waals surface area (Å²) in [6.07, 6.45) is 6.22. The van der Waals surface area contributed by atoms with Gasteiger partial charge in [-0.3, -0.25) is 0 Å². The second kappa shape index (κ2) is 4.02. The summed E-state index contributed by atoms with van der Waals surface area (Å²) < 4.78 is 12.3. The molecule has 0 saturated heterocycles. The predicted molar refractivity (Wildman–Crippen MR) is 44.7 cm³/mol. The average Bonchev–Trinajstić information content (AvgIpc) is 1.88. The van der Waals surface area contributed by atoms with Gasteiger partial charge in [-0.25, -0.2) is 4.39 Å². The Labute approximate surface area is 65.9 Å². The second-order valence-electron chi connectivity index (χ2n) is 2.73. The van der Waals surface area contributed by atoms with E-state index < -0.39 is 0 Å². The molecule has 0 heterocycles. The zero-order valence-electron chi connectivity index (χ0n) is 6.11. The maximum atomic E-state index is 12.3. The molecule has 0 aromatic rings. The molecule has 1 saturated carbocycles. The molecule has 0 atom stereocenters. The fourth-order valence-corrected chi connectivity index (χ4v) is 2.29. The summed E-state index contributed by atoms with van der Waals surface area (Å²) >= 11 is 1.31. The number of rotatable bonds is 2. The lowest BCUT2D eigenvalue weighted by atomic mass is 10.0. The van der Waals surface area contributed by atoms with E-state index in [-0.39, 0.29) is 5.16 Å². The van der Waals surface area contributed by atoms with Crippen LogP contribution in [0.4, 0.5) is 4.39 Å². The third kappa shape index (κ3) is 2.74. The monoisotopic (exact) mass is 160 g/mol. The first-order valence-corrected chi connectivity index (χ1v) is 4.68. The molecule has 0 amide bonds. The first kappa shape index (κ1) is 8.12. The van der Waals surface area contributed by atoms with E-state index in [4.69, 9.17) is 0 Å². The highest BCUT2D eigenvalue weighted by Gasteiger charge is 2.14. The van der Waals surface area contributed by atoms with Crippen molar-refractivity contribution in [3.05, 3.63) is 11.7 Å². The van der Waals surface area contributed by atoms with E-state index in [1.807, 2.05) is 0 Å². The van der Waals surface area contributed by atoms with Crippen LogP contribution in [0.5, 0.6) is 0 Å². The van der Waals surface area contributed by atoms with Crippen LogP contribution in [0.3, 0.4) is 0 Å². The van der Waals surface area contributed by atoms with Crippen molar-refractivity contribution in [2.24, 2.45) is 0 Å². The van der Waals surface area contributed by atoms with Gasteiger partial charge in [0.25, 0.3) is 0 Å². The van der Waals surface area contributed by atoms with Gasteiger partial charge in [0, 0.05) is 5.25 Å². The molecule has 0 aliphatic heterocycles. The highest BCUT2D eigenvalue weighted by atomic mass is 32.2. The standard InChI is InChI=1S/C8H13FS/c1-7(9)10-8-5-3-2-4-6-8/h8H,1-6H2. The van der Waals surface area contributed by atoms with Crippen LogP contribution in [0.1, 0.15) is 32.1 Å². The lowest BCUT2D eigenvalue weighted by molar-refractivity contribution is 0.515. The Kier molecular flexibility index (Phi) is 3.26. The summed E-state index contributed by atoms with van der Waals surface area (Å²) in [5, 5.41) is 0.304. The van der Waals surface area contributed by atoms with Gasteiger partial charge in [0.2, 0.25) is 0 Å². The van der Waals surface area contributed by atoms with E-state index >= 15 is 0 Å². The van der Waals surface area contributed by atoms with Crippen molar-refractivity contribution in [3.8, 4) is 0 Å². The predicted octanol–water partition coefficient (Wildman–Crippen LogP) is 3.49. The van der Waals surface area contributed by atoms with Gasteiger partial charge < -0.3 is 0 Å². The molecule has 0 unspecified atom stereocenters. The molecule has 1 aliphatic carbocycles. The Morgan fingerprint density at radius 3 is 2.40 bits per heavy atom. The molecule has 0 aromatic heterocycles. The average molecular weight is 160 g/mol. The summed E-state index contributed by atoms with van der Waals surface area (Å²) in [6.45, 7) is 3.25. The first-order valence-electron chi connectivity index (χ1n) is 3.80. The van der Waals surface area contributed by atoms with Crippen LogP contribution < -0.4 is 0 Å². The Morgan fingerprint density at radius 2 is 1.90 bits per heavy atom. The van der Waals surface area contributed by atoms with Gasteiger partial charge in [0.15, 0.2) is 0 Å². The quantitative estimate of drug-likeness (QED) is 0.596. The molecular weight excluding hydrogens is 147 g/mol. The van der Waals surface area contributed by atoms with Crippen molar-refractivity contribution in [1.82, 2.24) is 0 Å². The Hall–Kier alpha value is 0.0200. The number of hydrogen-bond acceptors (Lipinski definition) is 1. The van der Waals surface area contributed by atoms with E-state index in [2.05, 4.69) is 6.58 Å². The largest absolute Gasteiger partial charge is 0.200 e. The van der Waals surface area contributed by atoms with Crippen molar-refractivity contribution < 1.29 is 4.39 Å². The zero-order valence-corrected chi connectivity index (χ0v) is 6.92. The Bertz CT molecular complexity index is 116. The van der Waals surface area contributed by atoms with Gasteiger partial charge in [-0.1, -0.05) is 37.6 Å². The van der Waals surface area contributed by atoms with Gasteiger partial charge in [-0.15, -0.1) is 0 Å². The van der Waals surface area contributed by atoms with Crippen LogP contribution in [-0.2, 0) is 0 Å². The maximum absolute atomic E-state index is 12.3. The third-order valence-corrected chi connectivity index (χ3v) is 2.91. The highest BCUT2D eigenvalue weighted by Crippen LogP contribution is 2.32. The number of hydrogen-bond donors (Lipinski definition) is 0. The molecule has 0 bridgehead atoms. The van der Waals surface area contributed by atoms with Crippen LogP contribution in [-0.4, -0.2) is 5.25 Å². The lowest BCUT2D eigenvalue weighted by Gasteiger charge is -2.19. The Balaban J connectivity index is 2.19. The summed E-state index contributed by atoms with van der Waals surface area (Å²) in [5.41, 5.74) is 0. The van der Waals surface area contributed by atoms with E-state index in [1.54, 1.807) is 0 Å². The van der Waals surface area contributed by atoms with E-state index in [0.717, 1.165) is 0 Å². The van der Waals surface area contributed by atoms with Gasteiger partial charge in [0.05, 0.1) is 0 Å². The zero-order chi connectivity index (χ0) is 7.40. The van der Waals surface area contributed by atoms with E-state index in [0.29, 0.717) is 5.25 Å². The minimum atomic E-state index is -0.216. The third-order valence-electron chi connectivity index (χ3n) is 1.85. The minimum absolute atomic E-state index is 0.216. The lowest BCUT2D eigenvalue weighted by Crippen LogP contribution is -2.07. The molecule has 0 nitrogen and oxygen atoms in total. The molecule has 1 fully saturated rings. The second-order valence-corrected chi connectivity index (χ2v) is 4.08. The van der Waals surface area contributed by atoms with Crippen molar-refractivity contribution in [2.75, 3.05) is 0 Å². The van der Waals surface area contributed by atoms with Crippen LogP contribution in [0.15, 0.2) is 11.7 Å². The van der Waals surface area contributed by atoms with Crippen LogP contribution in [0.2, 0.25) is 0 Å². The normalized spacial score (nSPS) is 20.9. The summed E-state index contributed by atoms with van der Waals surface area (Å²) in [7, 11) is 0. The fourth-order valence-electron chi connectivity index (χ4n) is 1.36. The molecule has 0 spiro atoms. The summed E-state index contributed by atoms with van der Waals surface area (Å²) in [6, 6.07) is 0. The molecule has 0 radical (unpaired) electrons. The van der Waals surface area contributed by atoms with Gasteiger partial charge >= 0.3 is 0 Å². The van der Waals surface area contributed by atoms with E-state index in [9.17, 15) is 4.39 Å². The van der Waals surface area contributed by atoms with Gasteiger partial charge in [-0.2, -0.15) is 0 Å². The SMILES string of the molecule is C=C(F)SC1CCCCC1. The molecule has 0 N–H and O–H groups in total. The summed E-state index contributed by atoms with van der Waals surface area (Å²) in [4.78, 5) is 0. The molecule has 10 heavy (non-hydrogen) atoms. The van der Waals surface area contributed by atoms with Crippen LogP contribution in [0, 0.1) is 0 Å². The minimum Gasteiger partial charge on any atom is -0.200 e. The molecule has 1 aliphatic rings. The maximum Gasteiger partial charge on any atom is 0.149 e. The highest BCUT2D eigenvalue weighted by molar-refractivity contribution is 8.03. The Morgan fingerprint density at radius 1 is 1.30 bits per heavy atom. The van der Waals surface area contributed by atoms with Gasteiger partial charge in [-0.05, 0) is 12.8 Å². The molecular formula is C8H13FS. The number of thioether (sulfide) groups is 1. The molecule has 58 valence electrons. The van der Waals surface area contributed by atoms with Crippen molar-refractivity contribution in [2.45, 2.75) is 37.4 Å². The van der Waals surface area contributed by atoms with Crippen molar-refractivity contribution in [3.63, 3.8) is 0 Å². The first-order chi connectivity index (χ1) is 4.79. The van der Waals surface area contributed by atoms with Crippen LogP contribution >= 0.6 is 11.8 Å². The smallest absolute Gasteiger partial charge is 0.149 e. The number of halogens is 1. The fraction of sp³-hybridized carbons (Fsp3) is 0.750. The molecule has 0 aromatic carbocycles. The topological polar surface area (TPSA) is 0 Å². The molecule has 1 rings (SSSR count). The summed E-state index contributed by atoms with van der Waals surface area (Å²) in [5.74, 6) is 0. The van der Waals surface area contributed by atoms with Crippen molar-refractivity contribution >= 4 is 11.8 Å². The molecule has 2 heteroatoms. The van der Waals surface area contributed by atoms with E-state index in [1.165, 1.54) is 43.9 Å². The van der Waals surface area contributed by atoms with Crippen LogP contribution in [0.25, 0.3) is 0 Å². The van der Waals surface area contributed by atoms with Gasteiger partial charge in [0.1, 0.15) is 5.16 Å². The van der Waals surface area contributed by atoms with Crippen molar-refractivity contribution in [1.29, 1.82) is 0 Å².